The van der Waals surface area contributed by atoms with Gasteiger partial charge in [0.15, 0.2) is 5.78 Å². The second kappa shape index (κ2) is 8.64. The molecule has 0 atom stereocenters. The highest BCUT2D eigenvalue weighted by Crippen LogP contribution is 2.25. The highest BCUT2D eigenvalue weighted by molar-refractivity contribution is 9.10. The minimum atomic E-state index is -0.0951. The molecule has 1 amide bonds. The summed E-state index contributed by atoms with van der Waals surface area (Å²) in [5.41, 5.74) is 2.37. The summed E-state index contributed by atoms with van der Waals surface area (Å²) < 4.78 is 6.58. The summed E-state index contributed by atoms with van der Waals surface area (Å²) in [7, 11) is 0. The number of amides is 1. The lowest BCUT2D eigenvalue weighted by atomic mass is 10.1. The topological polar surface area (TPSA) is 55.4 Å². The SMILES string of the molecule is CC(=O)c1cccc(NC(=O)CCCOc2ccc(C)cc2Br)c1. The zero-order chi connectivity index (χ0) is 17.5. The molecule has 0 aromatic heterocycles. The van der Waals surface area contributed by atoms with Gasteiger partial charge in [0.2, 0.25) is 5.91 Å². The monoisotopic (exact) mass is 389 g/mol. The molecule has 0 fully saturated rings. The second-order valence-electron chi connectivity index (χ2n) is 5.57. The molecule has 5 heteroatoms. The molecule has 0 aliphatic rings. The number of hydrogen-bond acceptors (Lipinski definition) is 3. The van der Waals surface area contributed by atoms with E-state index >= 15 is 0 Å². The number of benzene rings is 2. The van der Waals surface area contributed by atoms with Crippen LogP contribution in [0.1, 0.15) is 35.7 Å². The van der Waals surface area contributed by atoms with Crippen LogP contribution in [0.15, 0.2) is 46.9 Å². The molecule has 2 aromatic carbocycles. The Bertz CT molecular complexity index is 743. The Labute approximate surface area is 150 Å². The van der Waals surface area contributed by atoms with Crippen LogP contribution < -0.4 is 10.1 Å². The van der Waals surface area contributed by atoms with Gasteiger partial charge in [0.1, 0.15) is 5.75 Å². The van der Waals surface area contributed by atoms with Crippen molar-refractivity contribution < 1.29 is 14.3 Å². The number of rotatable bonds is 7. The Morgan fingerprint density at radius 3 is 2.67 bits per heavy atom. The molecule has 0 spiro atoms. The first-order chi connectivity index (χ1) is 11.5. The van der Waals surface area contributed by atoms with E-state index in [-0.39, 0.29) is 11.7 Å². The average Bonchev–Trinajstić information content (AvgIpc) is 2.53. The molecule has 2 aromatic rings. The van der Waals surface area contributed by atoms with Crippen LogP contribution in [-0.2, 0) is 4.79 Å². The molecule has 0 heterocycles. The first-order valence-electron chi connectivity index (χ1n) is 7.75. The van der Waals surface area contributed by atoms with E-state index in [1.54, 1.807) is 24.3 Å². The number of aryl methyl sites for hydroxylation is 1. The van der Waals surface area contributed by atoms with Crippen molar-refractivity contribution in [3.63, 3.8) is 0 Å². The number of ketones is 1. The van der Waals surface area contributed by atoms with Gasteiger partial charge in [0, 0.05) is 17.7 Å². The van der Waals surface area contributed by atoms with Crippen LogP contribution in [0.2, 0.25) is 0 Å². The standard InChI is InChI=1S/C19H20BrNO3/c1-13-8-9-18(17(20)11-13)24-10-4-7-19(23)21-16-6-3-5-15(12-16)14(2)22/h3,5-6,8-9,11-12H,4,7,10H2,1-2H3,(H,21,23). The van der Waals surface area contributed by atoms with E-state index in [1.807, 2.05) is 25.1 Å². The molecule has 1 N–H and O–H groups in total. The zero-order valence-corrected chi connectivity index (χ0v) is 15.4. The van der Waals surface area contributed by atoms with Crippen molar-refractivity contribution >= 4 is 33.3 Å². The maximum atomic E-state index is 12.0. The number of anilines is 1. The zero-order valence-electron chi connectivity index (χ0n) is 13.8. The lowest BCUT2D eigenvalue weighted by molar-refractivity contribution is -0.116. The fraction of sp³-hybridized carbons (Fsp3) is 0.263. The molecule has 0 aliphatic carbocycles. The molecule has 0 radical (unpaired) electrons. The third-order valence-electron chi connectivity index (χ3n) is 3.45. The van der Waals surface area contributed by atoms with Crippen LogP contribution in [-0.4, -0.2) is 18.3 Å². The number of carbonyl (C=O) groups is 2. The Kier molecular flexibility index (Phi) is 6.55. The lowest BCUT2D eigenvalue weighted by Gasteiger charge is -2.09. The van der Waals surface area contributed by atoms with Gasteiger partial charge in [-0.2, -0.15) is 0 Å². The van der Waals surface area contributed by atoms with Crippen LogP contribution in [0.3, 0.4) is 0 Å². The largest absolute Gasteiger partial charge is 0.492 e. The van der Waals surface area contributed by atoms with E-state index in [4.69, 9.17) is 4.74 Å². The van der Waals surface area contributed by atoms with Gasteiger partial charge in [-0.05, 0) is 66.0 Å². The average molecular weight is 390 g/mol. The van der Waals surface area contributed by atoms with Gasteiger partial charge in [-0.25, -0.2) is 0 Å². The van der Waals surface area contributed by atoms with Crippen LogP contribution in [0.4, 0.5) is 5.69 Å². The first-order valence-corrected chi connectivity index (χ1v) is 8.55. The fourth-order valence-electron chi connectivity index (χ4n) is 2.18. The highest BCUT2D eigenvalue weighted by atomic mass is 79.9. The van der Waals surface area contributed by atoms with Crippen molar-refractivity contribution in [2.75, 3.05) is 11.9 Å². The van der Waals surface area contributed by atoms with E-state index in [2.05, 4.69) is 21.2 Å². The molecule has 4 nitrogen and oxygen atoms in total. The van der Waals surface area contributed by atoms with E-state index in [0.29, 0.717) is 30.7 Å². The molecule has 0 saturated carbocycles. The van der Waals surface area contributed by atoms with Crippen molar-refractivity contribution in [3.05, 3.63) is 58.1 Å². The first kappa shape index (κ1) is 18.2. The number of carbonyl (C=O) groups excluding carboxylic acids is 2. The van der Waals surface area contributed by atoms with Crippen LogP contribution in [0, 0.1) is 6.92 Å². The summed E-state index contributed by atoms with van der Waals surface area (Å²) in [4.78, 5) is 23.3. The molecule has 2 rings (SSSR count). The van der Waals surface area contributed by atoms with Crippen LogP contribution in [0.5, 0.6) is 5.75 Å². The van der Waals surface area contributed by atoms with Gasteiger partial charge < -0.3 is 10.1 Å². The highest BCUT2D eigenvalue weighted by Gasteiger charge is 2.06. The van der Waals surface area contributed by atoms with Crippen molar-refractivity contribution in [1.29, 1.82) is 0 Å². The summed E-state index contributed by atoms with van der Waals surface area (Å²) in [6, 6.07) is 12.8. The Morgan fingerprint density at radius 2 is 1.96 bits per heavy atom. The molecule has 0 bridgehead atoms. The van der Waals surface area contributed by atoms with Crippen LogP contribution in [0.25, 0.3) is 0 Å². The van der Waals surface area contributed by atoms with E-state index in [1.165, 1.54) is 6.92 Å². The predicted octanol–water partition coefficient (Wildman–Crippen LogP) is 4.76. The molecular formula is C19H20BrNO3. The van der Waals surface area contributed by atoms with Gasteiger partial charge in [-0.15, -0.1) is 0 Å². The summed E-state index contributed by atoms with van der Waals surface area (Å²) in [6.07, 6.45) is 0.965. The lowest BCUT2D eigenvalue weighted by Crippen LogP contribution is -2.13. The Hall–Kier alpha value is -2.14. The van der Waals surface area contributed by atoms with Crippen molar-refractivity contribution in [2.45, 2.75) is 26.7 Å². The minimum absolute atomic E-state index is 0.0248. The molecule has 0 aliphatic heterocycles. The van der Waals surface area contributed by atoms with Gasteiger partial charge >= 0.3 is 0 Å². The smallest absolute Gasteiger partial charge is 0.224 e. The summed E-state index contributed by atoms with van der Waals surface area (Å²) in [6.45, 7) is 3.98. The van der Waals surface area contributed by atoms with Gasteiger partial charge in [0.05, 0.1) is 11.1 Å². The van der Waals surface area contributed by atoms with E-state index < -0.39 is 0 Å². The third kappa shape index (κ3) is 5.49. The quantitative estimate of drug-likeness (QED) is 0.548. The number of halogens is 1. The Morgan fingerprint density at radius 1 is 1.17 bits per heavy atom. The van der Waals surface area contributed by atoms with Crippen molar-refractivity contribution in [3.8, 4) is 5.75 Å². The predicted molar refractivity (Wildman–Crippen MR) is 98.7 cm³/mol. The van der Waals surface area contributed by atoms with Crippen LogP contribution >= 0.6 is 15.9 Å². The summed E-state index contributed by atoms with van der Waals surface area (Å²) in [5.74, 6) is 0.653. The maximum Gasteiger partial charge on any atom is 0.224 e. The molecular weight excluding hydrogens is 370 g/mol. The second-order valence-corrected chi connectivity index (χ2v) is 6.43. The van der Waals surface area contributed by atoms with Crippen molar-refractivity contribution in [1.82, 2.24) is 0 Å². The molecule has 0 saturated heterocycles. The fourth-order valence-corrected chi connectivity index (χ4v) is 2.78. The van der Waals surface area contributed by atoms with Crippen molar-refractivity contribution in [2.24, 2.45) is 0 Å². The third-order valence-corrected chi connectivity index (χ3v) is 4.07. The number of Topliss-reactive ketones (excluding diaryl/α,β-unsaturated/α-hetero) is 1. The maximum absolute atomic E-state index is 12.0. The molecule has 24 heavy (non-hydrogen) atoms. The summed E-state index contributed by atoms with van der Waals surface area (Å²) in [5, 5.41) is 2.80. The molecule has 126 valence electrons. The van der Waals surface area contributed by atoms with E-state index in [9.17, 15) is 9.59 Å². The van der Waals surface area contributed by atoms with E-state index in [0.717, 1.165) is 15.8 Å². The normalized spacial score (nSPS) is 10.3. The van der Waals surface area contributed by atoms with Gasteiger partial charge in [0.25, 0.3) is 0 Å². The number of nitrogens with one attached hydrogen (secondary N) is 1. The number of ether oxygens (including phenoxy) is 1. The van der Waals surface area contributed by atoms with Gasteiger partial charge in [-0.3, -0.25) is 9.59 Å². The molecule has 0 unspecified atom stereocenters. The summed E-state index contributed by atoms with van der Waals surface area (Å²) >= 11 is 3.46. The minimum Gasteiger partial charge on any atom is -0.492 e. The number of hydrogen-bond donors (Lipinski definition) is 1. The van der Waals surface area contributed by atoms with Gasteiger partial charge in [-0.1, -0.05) is 18.2 Å². The Balaban J connectivity index is 1.77.